The maximum atomic E-state index is 6.09. The number of hydrogen-bond acceptors (Lipinski definition) is 5. The molecule has 20 heavy (non-hydrogen) atoms. The van der Waals surface area contributed by atoms with Crippen LogP contribution in [0.4, 0.5) is 5.82 Å². The van der Waals surface area contributed by atoms with Crippen molar-refractivity contribution in [3.05, 3.63) is 16.7 Å². The van der Waals surface area contributed by atoms with Gasteiger partial charge in [-0.2, -0.15) is 4.98 Å². The van der Waals surface area contributed by atoms with Crippen LogP contribution in [0.15, 0.2) is 11.4 Å². The average Bonchev–Trinajstić information content (AvgIpc) is 3.17. The zero-order valence-electron chi connectivity index (χ0n) is 11.7. The Labute approximate surface area is 127 Å². The van der Waals surface area contributed by atoms with E-state index in [0.29, 0.717) is 17.9 Å². The van der Waals surface area contributed by atoms with Crippen molar-refractivity contribution in [1.82, 2.24) is 9.97 Å². The van der Waals surface area contributed by atoms with Crippen LogP contribution >= 0.6 is 22.9 Å². The number of rotatable bonds is 6. The van der Waals surface area contributed by atoms with Crippen molar-refractivity contribution in [2.75, 3.05) is 25.2 Å². The fourth-order valence-corrected chi connectivity index (χ4v) is 3.53. The first-order chi connectivity index (χ1) is 9.70. The first kappa shape index (κ1) is 14.0. The quantitative estimate of drug-likeness (QED) is 0.764. The minimum Gasteiger partial charge on any atom is -0.383 e. The Balaban J connectivity index is 2.00. The number of fused-ring (bicyclic) bond motifs is 1. The second-order valence-electron chi connectivity index (χ2n) is 5.22. The number of anilines is 1. The highest BCUT2D eigenvalue weighted by Gasteiger charge is 2.33. The van der Waals surface area contributed by atoms with Crippen LogP contribution in [0.5, 0.6) is 0 Å². The zero-order chi connectivity index (χ0) is 14.1. The Morgan fingerprint density at radius 1 is 1.50 bits per heavy atom. The average molecular weight is 312 g/mol. The van der Waals surface area contributed by atoms with E-state index in [1.165, 1.54) is 12.8 Å². The summed E-state index contributed by atoms with van der Waals surface area (Å²) in [6, 6.07) is 2.53. The number of halogens is 1. The van der Waals surface area contributed by atoms with Crippen molar-refractivity contribution >= 4 is 39.0 Å². The summed E-state index contributed by atoms with van der Waals surface area (Å²) in [5.74, 6) is 1.70. The van der Waals surface area contributed by atoms with Gasteiger partial charge in [0.05, 0.1) is 12.0 Å². The first-order valence-corrected chi connectivity index (χ1v) is 8.12. The predicted octanol–water partition coefficient (Wildman–Crippen LogP) is 3.60. The number of ether oxygens (including phenoxy) is 1. The van der Waals surface area contributed by atoms with Gasteiger partial charge in [0.15, 0.2) is 0 Å². The molecule has 0 aromatic carbocycles. The van der Waals surface area contributed by atoms with Crippen LogP contribution in [0.25, 0.3) is 10.2 Å². The third-order valence-corrected chi connectivity index (χ3v) is 4.86. The Morgan fingerprint density at radius 2 is 2.30 bits per heavy atom. The molecule has 0 amide bonds. The van der Waals surface area contributed by atoms with E-state index in [0.717, 1.165) is 28.5 Å². The number of nitrogens with zero attached hydrogens (tertiary/aromatic N) is 3. The van der Waals surface area contributed by atoms with E-state index in [2.05, 4.69) is 27.9 Å². The van der Waals surface area contributed by atoms with Crippen molar-refractivity contribution in [2.45, 2.75) is 25.8 Å². The molecule has 1 fully saturated rings. The fraction of sp³-hybridized carbons (Fsp3) is 0.571. The molecule has 1 atom stereocenters. The van der Waals surface area contributed by atoms with Gasteiger partial charge in [0.2, 0.25) is 5.28 Å². The molecule has 0 radical (unpaired) electrons. The molecule has 0 saturated heterocycles. The molecule has 1 aliphatic carbocycles. The summed E-state index contributed by atoms with van der Waals surface area (Å²) in [7, 11) is 1.73. The van der Waals surface area contributed by atoms with E-state index >= 15 is 0 Å². The third kappa shape index (κ3) is 2.75. The Hall–Kier alpha value is -0.910. The third-order valence-electron chi connectivity index (χ3n) is 3.88. The molecular weight excluding hydrogens is 294 g/mol. The monoisotopic (exact) mass is 311 g/mol. The van der Waals surface area contributed by atoms with Crippen molar-refractivity contribution in [3.8, 4) is 0 Å². The van der Waals surface area contributed by atoms with Crippen LogP contribution in [0.2, 0.25) is 5.28 Å². The lowest BCUT2D eigenvalue weighted by Gasteiger charge is -2.30. The summed E-state index contributed by atoms with van der Waals surface area (Å²) in [6.45, 7) is 3.78. The van der Waals surface area contributed by atoms with Crippen LogP contribution in [0.1, 0.15) is 19.8 Å². The smallest absolute Gasteiger partial charge is 0.225 e. The fourth-order valence-electron chi connectivity index (χ4n) is 2.56. The van der Waals surface area contributed by atoms with Crippen molar-refractivity contribution < 1.29 is 4.74 Å². The molecular formula is C14H18ClN3OS. The van der Waals surface area contributed by atoms with Gasteiger partial charge in [-0.05, 0) is 48.7 Å². The van der Waals surface area contributed by atoms with Crippen LogP contribution in [-0.4, -0.2) is 36.3 Å². The highest BCUT2D eigenvalue weighted by molar-refractivity contribution is 7.16. The second kappa shape index (κ2) is 5.84. The van der Waals surface area contributed by atoms with Crippen LogP contribution in [0, 0.1) is 5.92 Å². The lowest BCUT2D eigenvalue weighted by molar-refractivity contribution is 0.202. The van der Waals surface area contributed by atoms with Crippen LogP contribution < -0.4 is 4.90 Å². The minimum atomic E-state index is 0.320. The Bertz CT molecular complexity index is 599. The zero-order valence-corrected chi connectivity index (χ0v) is 13.2. The first-order valence-electron chi connectivity index (χ1n) is 6.87. The van der Waals surface area contributed by atoms with E-state index in [1.807, 2.05) is 5.38 Å². The van der Waals surface area contributed by atoms with E-state index in [9.17, 15) is 0 Å². The summed E-state index contributed by atoms with van der Waals surface area (Å²) >= 11 is 7.68. The molecule has 2 heterocycles. The maximum absolute atomic E-state index is 6.09. The van der Waals surface area contributed by atoms with E-state index in [-0.39, 0.29) is 0 Å². The Kier molecular flexibility index (Phi) is 4.10. The van der Waals surface area contributed by atoms with Gasteiger partial charge in [0.25, 0.3) is 0 Å². The number of hydrogen-bond donors (Lipinski definition) is 0. The van der Waals surface area contributed by atoms with Gasteiger partial charge in [-0.25, -0.2) is 4.98 Å². The molecule has 108 valence electrons. The molecule has 0 aliphatic heterocycles. The normalized spacial score (nSPS) is 16.6. The van der Waals surface area contributed by atoms with E-state index in [4.69, 9.17) is 16.3 Å². The van der Waals surface area contributed by atoms with Crippen molar-refractivity contribution in [1.29, 1.82) is 0 Å². The van der Waals surface area contributed by atoms with Gasteiger partial charge in [-0.1, -0.05) is 0 Å². The standard InChI is InChI=1S/C14H18ClN3OS/c1-9(10-3-4-10)18(6-7-19-2)12-11-5-8-20-13(11)17-14(15)16-12/h5,8-10H,3-4,6-7H2,1-2H3. The molecule has 2 aromatic rings. The molecule has 4 nitrogen and oxygen atoms in total. The highest BCUT2D eigenvalue weighted by atomic mass is 35.5. The van der Waals surface area contributed by atoms with Crippen molar-refractivity contribution in [2.24, 2.45) is 5.92 Å². The van der Waals surface area contributed by atoms with Crippen LogP contribution in [-0.2, 0) is 4.74 Å². The summed E-state index contributed by atoms with van der Waals surface area (Å²) in [6.07, 6.45) is 2.60. The number of aromatic nitrogens is 2. The van der Waals surface area contributed by atoms with Crippen molar-refractivity contribution in [3.63, 3.8) is 0 Å². The van der Waals surface area contributed by atoms with Gasteiger partial charge < -0.3 is 9.64 Å². The number of methoxy groups -OCH3 is 1. The second-order valence-corrected chi connectivity index (χ2v) is 6.45. The van der Waals surface area contributed by atoms with E-state index in [1.54, 1.807) is 18.4 Å². The largest absolute Gasteiger partial charge is 0.383 e. The van der Waals surface area contributed by atoms with Gasteiger partial charge >= 0.3 is 0 Å². The molecule has 1 saturated carbocycles. The highest BCUT2D eigenvalue weighted by Crippen LogP contribution is 2.38. The molecule has 1 aliphatic rings. The summed E-state index contributed by atoms with van der Waals surface area (Å²) < 4.78 is 5.25. The molecule has 1 unspecified atom stereocenters. The van der Waals surface area contributed by atoms with E-state index < -0.39 is 0 Å². The Morgan fingerprint density at radius 3 is 3.00 bits per heavy atom. The molecule has 0 bridgehead atoms. The van der Waals surface area contributed by atoms with Gasteiger partial charge in [0, 0.05) is 19.7 Å². The molecule has 0 spiro atoms. The minimum absolute atomic E-state index is 0.320. The van der Waals surface area contributed by atoms with Gasteiger partial charge in [0.1, 0.15) is 10.6 Å². The summed E-state index contributed by atoms with van der Waals surface area (Å²) in [5.41, 5.74) is 0. The molecule has 2 aromatic heterocycles. The molecule has 6 heteroatoms. The topological polar surface area (TPSA) is 38.2 Å². The summed E-state index contributed by atoms with van der Waals surface area (Å²) in [4.78, 5) is 12.1. The molecule has 3 rings (SSSR count). The summed E-state index contributed by atoms with van der Waals surface area (Å²) in [5, 5.41) is 3.44. The van der Waals surface area contributed by atoms with Gasteiger partial charge in [-0.3, -0.25) is 0 Å². The predicted molar refractivity (Wildman–Crippen MR) is 83.8 cm³/mol. The lowest BCUT2D eigenvalue weighted by Crippen LogP contribution is -2.38. The lowest BCUT2D eigenvalue weighted by atomic mass is 10.1. The van der Waals surface area contributed by atoms with Crippen LogP contribution in [0.3, 0.4) is 0 Å². The SMILES string of the molecule is COCCN(c1nc(Cl)nc2sccc12)C(C)C1CC1. The van der Waals surface area contributed by atoms with Gasteiger partial charge in [-0.15, -0.1) is 11.3 Å². The molecule has 0 N–H and O–H groups in total. The maximum Gasteiger partial charge on any atom is 0.225 e. The number of thiophene rings is 1.